The molecule has 0 amide bonds. The minimum Gasteiger partial charge on any atom is -0.431 e. The second-order valence-corrected chi connectivity index (χ2v) is 8.25. The van der Waals surface area contributed by atoms with Crippen molar-refractivity contribution >= 4 is 11.6 Å². The summed E-state index contributed by atoms with van der Waals surface area (Å²) in [5, 5.41) is 0. The Labute approximate surface area is 175 Å². The number of morpholine rings is 1. The van der Waals surface area contributed by atoms with Gasteiger partial charge in [0, 0.05) is 43.1 Å². The Balaban J connectivity index is 1.55. The number of pyridine rings is 1. The fourth-order valence-electron chi connectivity index (χ4n) is 4.57. The van der Waals surface area contributed by atoms with Gasteiger partial charge in [0.2, 0.25) is 5.92 Å². The molecule has 0 aromatic carbocycles. The molecule has 5 rings (SSSR count). The van der Waals surface area contributed by atoms with E-state index in [4.69, 9.17) is 10.5 Å². The Bertz CT molecular complexity index is 992. The summed E-state index contributed by atoms with van der Waals surface area (Å²) >= 11 is 0. The molecule has 3 aliphatic rings. The molecular weight excluding hydrogens is 418 g/mol. The van der Waals surface area contributed by atoms with E-state index in [0.29, 0.717) is 36.1 Å². The number of alkyl halides is 4. The lowest BCUT2D eigenvalue weighted by atomic mass is 10.1. The minimum absolute atomic E-state index is 0.118. The first-order valence-corrected chi connectivity index (χ1v) is 10.1. The number of aromatic nitrogens is 3. The molecule has 2 aromatic rings. The molecule has 2 bridgehead atoms. The van der Waals surface area contributed by atoms with Crippen LogP contribution in [0.25, 0.3) is 11.3 Å². The number of fused-ring (bicyclic) bond motifs is 2. The maximum Gasteiger partial charge on any atom is 0.387 e. The highest BCUT2D eigenvalue weighted by molar-refractivity contribution is 5.67. The van der Waals surface area contributed by atoms with Crippen molar-refractivity contribution in [2.45, 2.75) is 56.3 Å². The highest BCUT2D eigenvalue weighted by Gasteiger charge is 2.43. The summed E-state index contributed by atoms with van der Waals surface area (Å²) in [5.41, 5.74) is 6.42. The Kier molecular flexibility index (Phi) is 4.87. The van der Waals surface area contributed by atoms with Gasteiger partial charge in [-0.05, 0) is 18.9 Å². The van der Waals surface area contributed by atoms with Crippen LogP contribution in [0.15, 0.2) is 18.3 Å². The molecule has 11 heteroatoms. The zero-order valence-corrected chi connectivity index (χ0v) is 16.5. The zero-order valence-electron chi connectivity index (χ0n) is 16.5. The summed E-state index contributed by atoms with van der Waals surface area (Å²) in [6.45, 7) is -1.82. The molecule has 31 heavy (non-hydrogen) atoms. The van der Waals surface area contributed by atoms with Crippen molar-refractivity contribution < 1.29 is 27.0 Å². The van der Waals surface area contributed by atoms with Gasteiger partial charge in [0.25, 0.3) is 0 Å². The Hall–Kier alpha value is -2.69. The van der Waals surface area contributed by atoms with Crippen LogP contribution < -0.4 is 15.4 Å². The summed E-state index contributed by atoms with van der Waals surface area (Å²) < 4.78 is 63.2. The molecule has 166 valence electrons. The molecule has 3 fully saturated rings. The third-order valence-electron chi connectivity index (χ3n) is 6.09. The van der Waals surface area contributed by atoms with E-state index in [1.54, 1.807) is 6.07 Å². The van der Waals surface area contributed by atoms with Crippen LogP contribution >= 0.6 is 0 Å². The highest BCUT2D eigenvalue weighted by atomic mass is 19.3. The van der Waals surface area contributed by atoms with Crippen LogP contribution in [0.2, 0.25) is 0 Å². The second kappa shape index (κ2) is 7.47. The van der Waals surface area contributed by atoms with Crippen molar-refractivity contribution in [1.29, 1.82) is 0 Å². The first kappa shape index (κ1) is 20.2. The third-order valence-corrected chi connectivity index (χ3v) is 6.09. The molecule has 2 saturated heterocycles. The van der Waals surface area contributed by atoms with E-state index in [1.165, 1.54) is 12.3 Å². The molecule has 7 nitrogen and oxygen atoms in total. The zero-order chi connectivity index (χ0) is 21.8. The van der Waals surface area contributed by atoms with E-state index < -0.39 is 18.5 Å². The normalized spacial score (nSPS) is 26.7. The molecule has 1 aliphatic carbocycles. The van der Waals surface area contributed by atoms with Crippen LogP contribution in [0, 0.1) is 0 Å². The highest BCUT2D eigenvalue weighted by Crippen LogP contribution is 2.44. The lowest BCUT2D eigenvalue weighted by Gasteiger charge is -2.28. The van der Waals surface area contributed by atoms with E-state index in [-0.39, 0.29) is 43.0 Å². The van der Waals surface area contributed by atoms with Gasteiger partial charge < -0.3 is 20.1 Å². The molecule has 0 radical (unpaired) electrons. The largest absolute Gasteiger partial charge is 0.431 e. The maximum absolute atomic E-state index is 13.9. The molecule has 0 spiro atoms. The third kappa shape index (κ3) is 3.98. The second-order valence-electron chi connectivity index (χ2n) is 8.25. The number of hydrogen-bond acceptors (Lipinski definition) is 7. The predicted molar refractivity (Wildman–Crippen MR) is 103 cm³/mol. The molecule has 1 saturated carbocycles. The van der Waals surface area contributed by atoms with Crippen LogP contribution in [0.1, 0.15) is 37.4 Å². The summed E-state index contributed by atoms with van der Waals surface area (Å²) in [6, 6.07) is 3.21. The molecule has 2 N–H and O–H groups in total. The number of halogens is 4. The fraction of sp³-hybridized carbons (Fsp3) is 0.550. The van der Waals surface area contributed by atoms with Crippen LogP contribution in [-0.4, -0.2) is 52.8 Å². The smallest absolute Gasteiger partial charge is 0.387 e. The van der Waals surface area contributed by atoms with Crippen molar-refractivity contribution in [2.75, 3.05) is 23.8 Å². The molecule has 3 unspecified atom stereocenters. The lowest BCUT2D eigenvalue weighted by molar-refractivity contribution is -0.0494. The maximum atomic E-state index is 13.9. The molecule has 2 aliphatic heterocycles. The first-order valence-electron chi connectivity index (χ1n) is 10.1. The van der Waals surface area contributed by atoms with Crippen LogP contribution in [0.3, 0.4) is 0 Å². The summed E-state index contributed by atoms with van der Waals surface area (Å²) in [6.07, 6.45) is 2.15. The van der Waals surface area contributed by atoms with E-state index in [9.17, 15) is 17.6 Å². The average Bonchev–Trinajstić information content (AvgIpc) is 3.44. The summed E-state index contributed by atoms with van der Waals surface area (Å²) in [7, 11) is 0. The number of ether oxygens (including phenoxy) is 2. The SMILES string of the molecule is Nc1ncc(-c2cc(N3CC4CC3CO4)nc(C3CCC(F)(F)C3)n2)cc1OC(F)F. The summed E-state index contributed by atoms with van der Waals surface area (Å²) in [4.78, 5) is 15.2. The Morgan fingerprint density at radius 2 is 2.10 bits per heavy atom. The van der Waals surface area contributed by atoms with Crippen molar-refractivity contribution in [3.63, 3.8) is 0 Å². The van der Waals surface area contributed by atoms with E-state index in [1.807, 2.05) is 0 Å². The monoisotopic (exact) mass is 439 g/mol. The van der Waals surface area contributed by atoms with Crippen LogP contribution in [-0.2, 0) is 4.74 Å². The predicted octanol–water partition coefficient (Wildman–Crippen LogP) is 3.60. The minimum atomic E-state index is -3.06. The summed E-state index contributed by atoms with van der Waals surface area (Å²) in [5.74, 6) is -2.74. The number of nitrogens with zero attached hydrogens (tertiary/aromatic N) is 4. The van der Waals surface area contributed by atoms with E-state index in [2.05, 4.69) is 24.6 Å². The lowest BCUT2D eigenvalue weighted by Crippen LogP contribution is -2.37. The van der Waals surface area contributed by atoms with Crippen molar-refractivity contribution in [2.24, 2.45) is 0 Å². The Morgan fingerprint density at radius 1 is 1.26 bits per heavy atom. The number of rotatable bonds is 5. The standard InChI is InChI=1S/C20H21F4N5O2/c21-19(22)31-15-3-11(7-26-17(15)25)14-5-16(29-8-13-4-12(29)9-30-13)28-18(27-14)10-1-2-20(23,24)6-10/h3,5,7,10,12-13,19H,1-2,4,6,8-9H2,(H2,25,26). The van der Waals surface area contributed by atoms with Gasteiger partial charge in [0.05, 0.1) is 24.4 Å². The van der Waals surface area contributed by atoms with Gasteiger partial charge in [0.15, 0.2) is 11.6 Å². The van der Waals surface area contributed by atoms with E-state index in [0.717, 1.165) is 6.42 Å². The fourth-order valence-corrected chi connectivity index (χ4v) is 4.57. The first-order chi connectivity index (χ1) is 14.8. The van der Waals surface area contributed by atoms with Gasteiger partial charge in [-0.3, -0.25) is 0 Å². The van der Waals surface area contributed by atoms with Crippen molar-refractivity contribution in [3.8, 4) is 17.0 Å². The van der Waals surface area contributed by atoms with Gasteiger partial charge in [-0.1, -0.05) is 0 Å². The van der Waals surface area contributed by atoms with Crippen LogP contribution in [0.4, 0.5) is 29.2 Å². The number of nitrogen functional groups attached to an aromatic ring is 1. The van der Waals surface area contributed by atoms with Gasteiger partial charge in [-0.25, -0.2) is 23.7 Å². The van der Waals surface area contributed by atoms with Crippen molar-refractivity contribution in [3.05, 3.63) is 24.2 Å². The van der Waals surface area contributed by atoms with Gasteiger partial charge >= 0.3 is 6.61 Å². The van der Waals surface area contributed by atoms with Gasteiger partial charge in [-0.2, -0.15) is 8.78 Å². The van der Waals surface area contributed by atoms with Crippen LogP contribution in [0.5, 0.6) is 5.75 Å². The average molecular weight is 439 g/mol. The number of anilines is 2. The van der Waals surface area contributed by atoms with Crippen molar-refractivity contribution in [1.82, 2.24) is 15.0 Å². The molecular formula is C20H21F4N5O2. The molecule has 2 aromatic heterocycles. The number of hydrogen-bond donors (Lipinski definition) is 1. The van der Waals surface area contributed by atoms with Gasteiger partial charge in [-0.15, -0.1) is 0 Å². The molecule has 4 heterocycles. The number of nitrogens with two attached hydrogens (primary N) is 1. The molecule has 3 atom stereocenters. The Morgan fingerprint density at radius 3 is 2.74 bits per heavy atom. The quantitative estimate of drug-likeness (QED) is 0.713. The van der Waals surface area contributed by atoms with E-state index >= 15 is 0 Å². The van der Waals surface area contributed by atoms with Gasteiger partial charge in [0.1, 0.15) is 11.6 Å². The topological polar surface area (TPSA) is 86.4 Å².